The van der Waals surface area contributed by atoms with Crippen LogP contribution in [0.5, 0.6) is 0 Å². The number of hydrogen-bond donors (Lipinski definition) is 2. The van der Waals surface area contributed by atoms with Crippen LogP contribution in [0.4, 0.5) is 5.95 Å². The van der Waals surface area contributed by atoms with Gasteiger partial charge in [0.25, 0.3) is 5.56 Å². The van der Waals surface area contributed by atoms with E-state index in [1.165, 1.54) is 6.92 Å². The Kier molecular flexibility index (Phi) is 3.83. The number of rotatable bonds is 3. The summed E-state index contributed by atoms with van der Waals surface area (Å²) < 4.78 is 19.5. The highest BCUT2D eigenvalue weighted by atomic mass is 16.8. The summed E-state index contributed by atoms with van der Waals surface area (Å²) in [5.74, 6) is -1.17. The Morgan fingerprint density at radius 3 is 2.93 bits per heavy atom. The lowest BCUT2D eigenvalue weighted by molar-refractivity contribution is -0.176. The summed E-state index contributed by atoms with van der Waals surface area (Å²) in [6.45, 7) is 7.28. The number of nitrogens with two attached hydrogens (primary N) is 1. The second kappa shape index (κ2) is 5.77. The summed E-state index contributed by atoms with van der Waals surface area (Å²) in [5.41, 5.74) is 5.23. The lowest BCUT2D eigenvalue weighted by Gasteiger charge is -2.31. The van der Waals surface area contributed by atoms with Crippen molar-refractivity contribution in [1.29, 1.82) is 0 Å². The van der Waals surface area contributed by atoms with Crippen LogP contribution in [0, 0.1) is 5.92 Å². The lowest BCUT2D eigenvalue weighted by atomic mass is 9.96. The fraction of sp³-hybridized carbons (Fsp3) is 0.647. The normalized spacial score (nSPS) is 31.9. The number of ether oxygens (including phenoxy) is 3. The minimum absolute atomic E-state index is 0.0225. The molecule has 1 aliphatic heterocycles. The summed E-state index contributed by atoms with van der Waals surface area (Å²) in [6.07, 6.45) is 1.90. The largest absolute Gasteiger partial charge is 0.465 e. The Morgan fingerprint density at radius 2 is 2.22 bits per heavy atom. The van der Waals surface area contributed by atoms with E-state index in [0.717, 1.165) is 0 Å². The molecule has 1 saturated carbocycles. The first-order valence-corrected chi connectivity index (χ1v) is 8.84. The fourth-order valence-corrected chi connectivity index (χ4v) is 4.44. The number of H-pyrrole nitrogens is 1. The van der Waals surface area contributed by atoms with E-state index < -0.39 is 16.9 Å². The highest BCUT2D eigenvalue weighted by Crippen LogP contribution is 2.54. The number of imidazole rings is 1. The quantitative estimate of drug-likeness (QED) is 0.748. The third kappa shape index (κ3) is 2.79. The maximum atomic E-state index is 12.1. The van der Waals surface area contributed by atoms with Gasteiger partial charge in [-0.3, -0.25) is 14.6 Å². The third-order valence-electron chi connectivity index (χ3n) is 5.34. The number of nitrogens with one attached hydrogen (secondary N) is 1. The standard InChI is InChI=1S/C17H23N5O5/c1-8(23)25-6-9-5-10(17(4)12(9)26-16(2,3)27-17)22-7-19-11-13(22)20-15(18)21-14(11)24/h7,9-10,12H,5-6H2,1-4H3,(H3,18,20,21,24)/t9-,10-,12-,17+/m1/s1. The minimum atomic E-state index is -0.785. The number of fused-ring (bicyclic) bond motifs is 2. The number of anilines is 1. The van der Waals surface area contributed by atoms with Crippen LogP contribution in [-0.2, 0) is 19.0 Å². The monoisotopic (exact) mass is 377 g/mol. The van der Waals surface area contributed by atoms with Gasteiger partial charge in [-0.25, -0.2) is 4.98 Å². The molecule has 1 aliphatic carbocycles. The Bertz CT molecular complexity index is 966. The Hall–Kier alpha value is -2.46. The number of carbonyl (C=O) groups is 1. The van der Waals surface area contributed by atoms with Gasteiger partial charge >= 0.3 is 5.97 Å². The number of esters is 1. The molecule has 0 aromatic carbocycles. The Balaban J connectivity index is 1.78. The molecule has 4 rings (SSSR count). The number of aromatic nitrogens is 4. The molecular formula is C17H23N5O5. The molecule has 2 aromatic heterocycles. The van der Waals surface area contributed by atoms with Crippen LogP contribution < -0.4 is 11.3 Å². The van der Waals surface area contributed by atoms with Crippen LogP contribution in [-0.4, -0.2) is 49.6 Å². The molecule has 10 nitrogen and oxygen atoms in total. The van der Waals surface area contributed by atoms with Gasteiger partial charge in [0.05, 0.1) is 25.1 Å². The highest BCUT2D eigenvalue weighted by Gasteiger charge is 2.63. The second-order valence-corrected chi connectivity index (χ2v) is 7.81. The van der Waals surface area contributed by atoms with Crippen molar-refractivity contribution in [2.24, 2.45) is 5.92 Å². The summed E-state index contributed by atoms with van der Waals surface area (Å²) in [5, 5.41) is 0. The van der Waals surface area contributed by atoms with Crippen molar-refractivity contribution < 1.29 is 19.0 Å². The maximum Gasteiger partial charge on any atom is 0.302 e. The van der Waals surface area contributed by atoms with E-state index in [1.807, 2.05) is 25.3 Å². The number of carbonyl (C=O) groups excluding carboxylic acids is 1. The fourth-order valence-electron chi connectivity index (χ4n) is 4.44. The van der Waals surface area contributed by atoms with Crippen molar-refractivity contribution in [2.45, 2.75) is 57.6 Å². The SMILES string of the molecule is CC(=O)OC[C@H]1C[C@@H](n2cnc3c(=O)[nH]c(N)nc32)[C@]2(C)OC(C)(C)O[C@H]12. The zero-order chi connectivity index (χ0) is 19.6. The van der Waals surface area contributed by atoms with Crippen LogP contribution in [0.2, 0.25) is 0 Å². The molecular weight excluding hydrogens is 354 g/mol. The Morgan fingerprint density at radius 1 is 1.48 bits per heavy atom. The van der Waals surface area contributed by atoms with Gasteiger partial charge in [0.2, 0.25) is 5.95 Å². The van der Waals surface area contributed by atoms with Gasteiger partial charge < -0.3 is 24.5 Å². The predicted octanol–water partition coefficient (Wildman–Crippen LogP) is 0.736. The average molecular weight is 377 g/mol. The van der Waals surface area contributed by atoms with E-state index in [0.29, 0.717) is 12.1 Å². The van der Waals surface area contributed by atoms with E-state index in [4.69, 9.17) is 19.9 Å². The molecule has 2 aromatic rings. The molecule has 1 saturated heterocycles. The van der Waals surface area contributed by atoms with Crippen molar-refractivity contribution in [3.63, 3.8) is 0 Å². The van der Waals surface area contributed by atoms with E-state index in [-0.39, 0.29) is 42.1 Å². The molecule has 4 atom stereocenters. The summed E-state index contributed by atoms with van der Waals surface area (Å²) >= 11 is 0. The zero-order valence-electron chi connectivity index (χ0n) is 15.7. The molecule has 0 amide bonds. The first-order chi connectivity index (χ1) is 12.6. The van der Waals surface area contributed by atoms with Gasteiger partial charge in [0.15, 0.2) is 17.0 Å². The molecule has 10 heteroatoms. The molecule has 0 unspecified atom stereocenters. The van der Waals surface area contributed by atoms with Gasteiger partial charge in [-0.1, -0.05) is 0 Å². The van der Waals surface area contributed by atoms with Gasteiger partial charge in [-0.15, -0.1) is 0 Å². The van der Waals surface area contributed by atoms with Crippen molar-refractivity contribution in [3.05, 3.63) is 16.7 Å². The van der Waals surface area contributed by atoms with E-state index >= 15 is 0 Å². The zero-order valence-corrected chi connectivity index (χ0v) is 15.7. The van der Waals surface area contributed by atoms with Crippen LogP contribution in [0.3, 0.4) is 0 Å². The molecule has 146 valence electrons. The number of nitrogens with zero attached hydrogens (tertiary/aromatic N) is 3. The van der Waals surface area contributed by atoms with E-state index in [1.54, 1.807) is 6.33 Å². The first-order valence-electron chi connectivity index (χ1n) is 8.84. The average Bonchev–Trinajstić information content (AvgIpc) is 3.13. The predicted molar refractivity (Wildman–Crippen MR) is 94.8 cm³/mol. The summed E-state index contributed by atoms with van der Waals surface area (Å²) in [6, 6.07) is -0.219. The second-order valence-electron chi connectivity index (χ2n) is 7.81. The number of nitrogen functional groups attached to an aromatic ring is 1. The molecule has 27 heavy (non-hydrogen) atoms. The van der Waals surface area contributed by atoms with Gasteiger partial charge in [0.1, 0.15) is 5.60 Å². The van der Waals surface area contributed by atoms with Crippen molar-refractivity contribution in [1.82, 2.24) is 19.5 Å². The van der Waals surface area contributed by atoms with E-state index in [9.17, 15) is 9.59 Å². The third-order valence-corrected chi connectivity index (χ3v) is 5.34. The van der Waals surface area contributed by atoms with Crippen LogP contribution in [0.25, 0.3) is 11.2 Å². The minimum Gasteiger partial charge on any atom is -0.465 e. The van der Waals surface area contributed by atoms with Crippen LogP contribution >= 0.6 is 0 Å². The molecule has 2 fully saturated rings. The summed E-state index contributed by atoms with van der Waals surface area (Å²) in [7, 11) is 0. The Labute approximate surface area is 155 Å². The van der Waals surface area contributed by atoms with Gasteiger partial charge in [-0.05, 0) is 27.2 Å². The molecule has 0 radical (unpaired) electrons. The summed E-state index contributed by atoms with van der Waals surface area (Å²) in [4.78, 5) is 34.3. The van der Waals surface area contributed by atoms with Crippen molar-refractivity contribution in [2.75, 3.05) is 12.3 Å². The number of aromatic amines is 1. The van der Waals surface area contributed by atoms with Crippen LogP contribution in [0.1, 0.15) is 40.2 Å². The van der Waals surface area contributed by atoms with Crippen molar-refractivity contribution >= 4 is 23.1 Å². The maximum absolute atomic E-state index is 12.1. The molecule has 0 bridgehead atoms. The van der Waals surface area contributed by atoms with E-state index in [2.05, 4.69) is 15.0 Å². The van der Waals surface area contributed by atoms with Crippen molar-refractivity contribution in [3.8, 4) is 0 Å². The molecule has 3 heterocycles. The number of hydrogen-bond acceptors (Lipinski definition) is 8. The highest BCUT2D eigenvalue weighted by molar-refractivity contribution is 5.70. The molecule has 2 aliphatic rings. The van der Waals surface area contributed by atoms with Gasteiger partial charge in [-0.2, -0.15) is 4.98 Å². The van der Waals surface area contributed by atoms with Gasteiger partial charge in [0, 0.05) is 12.8 Å². The molecule has 0 spiro atoms. The smallest absolute Gasteiger partial charge is 0.302 e. The first kappa shape index (κ1) is 17.9. The van der Waals surface area contributed by atoms with Crippen LogP contribution in [0.15, 0.2) is 11.1 Å². The topological polar surface area (TPSA) is 134 Å². The lowest BCUT2D eigenvalue weighted by Crippen LogP contribution is -2.41. The molecule has 3 N–H and O–H groups in total.